The molecule has 19 heavy (non-hydrogen) atoms. The smallest absolute Gasteiger partial charge is 0.274 e. The Morgan fingerprint density at radius 3 is 3.00 bits per heavy atom. The van der Waals surface area contributed by atoms with Gasteiger partial charge in [-0.1, -0.05) is 0 Å². The van der Waals surface area contributed by atoms with E-state index in [0.29, 0.717) is 11.6 Å². The third-order valence-electron chi connectivity index (χ3n) is 3.29. The molecule has 1 atom stereocenters. The van der Waals surface area contributed by atoms with Gasteiger partial charge in [0.1, 0.15) is 5.69 Å². The molecular formula is C13H14N4OS. The zero-order valence-electron chi connectivity index (χ0n) is 10.4. The van der Waals surface area contributed by atoms with Crippen molar-refractivity contribution in [2.75, 3.05) is 13.1 Å². The van der Waals surface area contributed by atoms with Gasteiger partial charge in [-0.3, -0.25) is 9.78 Å². The van der Waals surface area contributed by atoms with E-state index in [1.54, 1.807) is 23.7 Å². The number of amides is 1. The molecule has 0 spiro atoms. The van der Waals surface area contributed by atoms with E-state index in [9.17, 15) is 4.79 Å². The summed E-state index contributed by atoms with van der Waals surface area (Å²) in [4.78, 5) is 26.6. The van der Waals surface area contributed by atoms with Crippen LogP contribution in [0.4, 0.5) is 0 Å². The van der Waals surface area contributed by atoms with Crippen molar-refractivity contribution in [1.29, 1.82) is 0 Å². The van der Waals surface area contributed by atoms with E-state index in [1.165, 1.54) is 6.20 Å². The van der Waals surface area contributed by atoms with Gasteiger partial charge >= 0.3 is 0 Å². The van der Waals surface area contributed by atoms with Crippen molar-refractivity contribution < 1.29 is 4.79 Å². The molecule has 0 radical (unpaired) electrons. The average Bonchev–Trinajstić information content (AvgIpc) is 3.02. The van der Waals surface area contributed by atoms with Gasteiger partial charge in [0.2, 0.25) is 0 Å². The Morgan fingerprint density at radius 2 is 2.26 bits per heavy atom. The quantitative estimate of drug-likeness (QED) is 0.840. The number of carbonyl (C=O) groups is 1. The Hall–Kier alpha value is -1.82. The Morgan fingerprint density at radius 1 is 1.32 bits per heavy atom. The molecule has 1 fully saturated rings. The summed E-state index contributed by atoms with van der Waals surface area (Å²) in [5.41, 5.74) is 0.419. The summed E-state index contributed by atoms with van der Waals surface area (Å²) in [5.74, 6) is 0.323. The largest absolute Gasteiger partial charge is 0.337 e. The van der Waals surface area contributed by atoms with Crippen LogP contribution in [0.15, 0.2) is 30.2 Å². The van der Waals surface area contributed by atoms with Crippen molar-refractivity contribution in [1.82, 2.24) is 19.9 Å². The second kappa shape index (κ2) is 5.44. The first kappa shape index (κ1) is 12.2. The lowest BCUT2D eigenvalue weighted by atomic mass is 9.98. The zero-order chi connectivity index (χ0) is 13.1. The molecule has 0 bridgehead atoms. The van der Waals surface area contributed by atoms with Gasteiger partial charge in [0.15, 0.2) is 0 Å². The van der Waals surface area contributed by atoms with Gasteiger partial charge in [-0.2, -0.15) is 0 Å². The standard InChI is InChI=1S/C13H14N4OS/c18-13(11-8-14-3-4-15-11)17-6-1-2-10(9-17)12-16-5-7-19-12/h3-5,7-8,10H,1-2,6,9H2/t10-/m0/s1. The van der Waals surface area contributed by atoms with E-state index >= 15 is 0 Å². The third kappa shape index (κ3) is 2.63. The monoisotopic (exact) mass is 274 g/mol. The Balaban J connectivity index is 1.73. The van der Waals surface area contributed by atoms with Crippen LogP contribution in [0.2, 0.25) is 0 Å². The summed E-state index contributed by atoms with van der Waals surface area (Å²) in [6.07, 6.45) is 8.58. The van der Waals surface area contributed by atoms with Gasteiger partial charge in [-0.05, 0) is 12.8 Å². The lowest BCUT2D eigenvalue weighted by molar-refractivity contribution is 0.0700. The highest BCUT2D eigenvalue weighted by Gasteiger charge is 2.27. The first-order chi connectivity index (χ1) is 9.34. The van der Waals surface area contributed by atoms with Gasteiger partial charge in [-0.15, -0.1) is 11.3 Å². The van der Waals surface area contributed by atoms with Crippen molar-refractivity contribution in [2.45, 2.75) is 18.8 Å². The van der Waals surface area contributed by atoms with Crippen LogP contribution in [0.1, 0.15) is 34.3 Å². The predicted octanol–water partition coefficient (Wildman–Crippen LogP) is 1.95. The molecular weight excluding hydrogens is 260 g/mol. The van der Waals surface area contributed by atoms with Gasteiger partial charge in [-0.25, -0.2) is 9.97 Å². The second-order valence-corrected chi connectivity index (χ2v) is 5.48. The molecule has 0 aliphatic carbocycles. The number of aromatic nitrogens is 3. The minimum atomic E-state index is -0.0330. The normalized spacial score (nSPS) is 19.4. The van der Waals surface area contributed by atoms with Crippen LogP contribution in [0.25, 0.3) is 0 Å². The maximum absolute atomic E-state index is 12.3. The van der Waals surface area contributed by atoms with Gasteiger partial charge in [0.25, 0.3) is 5.91 Å². The fourth-order valence-electron chi connectivity index (χ4n) is 2.37. The van der Waals surface area contributed by atoms with Crippen LogP contribution >= 0.6 is 11.3 Å². The fourth-order valence-corrected chi connectivity index (χ4v) is 3.14. The summed E-state index contributed by atoms with van der Waals surface area (Å²) in [5, 5.41) is 3.11. The minimum absolute atomic E-state index is 0.0330. The molecule has 2 aromatic rings. The molecule has 1 saturated heterocycles. The highest BCUT2D eigenvalue weighted by atomic mass is 32.1. The van der Waals surface area contributed by atoms with Crippen molar-refractivity contribution >= 4 is 17.2 Å². The van der Waals surface area contributed by atoms with Crippen LogP contribution in [0, 0.1) is 0 Å². The molecule has 0 unspecified atom stereocenters. The lowest BCUT2D eigenvalue weighted by Crippen LogP contribution is -2.39. The summed E-state index contributed by atoms with van der Waals surface area (Å²) < 4.78 is 0. The topological polar surface area (TPSA) is 59.0 Å². The molecule has 0 N–H and O–H groups in total. The second-order valence-electron chi connectivity index (χ2n) is 4.55. The van der Waals surface area contributed by atoms with Crippen LogP contribution in [0.3, 0.4) is 0 Å². The van der Waals surface area contributed by atoms with E-state index in [1.807, 2.05) is 16.5 Å². The Labute approximate surface area is 115 Å². The van der Waals surface area contributed by atoms with Gasteiger partial charge < -0.3 is 4.90 Å². The van der Waals surface area contributed by atoms with E-state index in [2.05, 4.69) is 15.0 Å². The summed E-state index contributed by atoms with van der Waals surface area (Å²) >= 11 is 1.66. The van der Waals surface area contributed by atoms with Crippen molar-refractivity contribution in [3.05, 3.63) is 40.9 Å². The highest BCUT2D eigenvalue weighted by Crippen LogP contribution is 2.28. The van der Waals surface area contributed by atoms with E-state index in [4.69, 9.17) is 0 Å². The molecule has 98 valence electrons. The zero-order valence-corrected chi connectivity index (χ0v) is 11.2. The third-order valence-corrected chi connectivity index (χ3v) is 4.23. The Bertz CT molecular complexity index is 543. The summed E-state index contributed by atoms with van der Waals surface area (Å²) in [7, 11) is 0. The number of hydrogen-bond acceptors (Lipinski definition) is 5. The van der Waals surface area contributed by atoms with E-state index in [-0.39, 0.29) is 5.91 Å². The summed E-state index contributed by atoms with van der Waals surface area (Å²) in [6.45, 7) is 1.51. The molecule has 0 saturated carbocycles. The summed E-state index contributed by atoms with van der Waals surface area (Å²) in [6, 6.07) is 0. The first-order valence-corrected chi connectivity index (χ1v) is 7.17. The van der Waals surface area contributed by atoms with E-state index in [0.717, 1.165) is 30.9 Å². The molecule has 1 aliphatic rings. The highest BCUT2D eigenvalue weighted by molar-refractivity contribution is 7.09. The van der Waals surface area contributed by atoms with Gasteiger partial charge in [0, 0.05) is 43.0 Å². The number of likely N-dealkylation sites (tertiary alicyclic amines) is 1. The van der Waals surface area contributed by atoms with Crippen LogP contribution in [0.5, 0.6) is 0 Å². The number of carbonyl (C=O) groups excluding carboxylic acids is 1. The molecule has 1 amide bonds. The van der Waals surface area contributed by atoms with Crippen LogP contribution < -0.4 is 0 Å². The SMILES string of the molecule is O=C(c1cnccn1)N1CCC[C@H](c2nccs2)C1. The Kier molecular flexibility index (Phi) is 3.50. The maximum atomic E-state index is 12.3. The molecule has 1 aliphatic heterocycles. The average molecular weight is 274 g/mol. The van der Waals surface area contributed by atoms with Gasteiger partial charge in [0.05, 0.1) is 11.2 Å². The molecule has 3 rings (SSSR count). The van der Waals surface area contributed by atoms with Crippen molar-refractivity contribution in [3.63, 3.8) is 0 Å². The first-order valence-electron chi connectivity index (χ1n) is 6.29. The minimum Gasteiger partial charge on any atom is -0.337 e. The number of rotatable bonds is 2. The van der Waals surface area contributed by atoms with Crippen LogP contribution in [-0.2, 0) is 0 Å². The fraction of sp³-hybridized carbons (Fsp3) is 0.385. The number of thiazole rings is 1. The molecule has 3 heterocycles. The predicted molar refractivity (Wildman–Crippen MR) is 72.0 cm³/mol. The number of hydrogen-bond donors (Lipinski definition) is 0. The van der Waals surface area contributed by atoms with Crippen LogP contribution in [-0.4, -0.2) is 38.8 Å². The molecule has 6 heteroatoms. The van der Waals surface area contributed by atoms with Crippen molar-refractivity contribution in [2.24, 2.45) is 0 Å². The van der Waals surface area contributed by atoms with Crippen molar-refractivity contribution in [3.8, 4) is 0 Å². The molecule has 2 aromatic heterocycles. The number of piperidine rings is 1. The molecule has 0 aromatic carbocycles. The molecule has 5 nitrogen and oxygen atoms in total. The van der Waals surface area contributed by atoms with E-state index < -0.39 is 0 Å². The lowest BCUT2D eigenvalue weighted by Gasteiger charge is -2.31. The number of nitrogens with zero attached hydrogens (tertiary/aromatic N) is 4. The maximum Gasteiger partial charge on any atom is 0.274 e.